The first-order chi connectivity index (χ1) is 10.8. The fraction of sp³-hybridized carbons (Fsp3) is 0.312. The summed E-state index contributed by atoms with van der Waals surface area (Å²) in [5.41, 5.74) is 0.936. The van der Waals surface area contributed by atoms with Crippen LogP contribution in [0.25, 0.3) is 16.9 Å². The van der Waals surface area contributed by atoms with Crippen LogP contribution in [0.15, 0.2) is 29.1 Å². The minimum absolute atomic E-state index is 0.108. The van der Waals surface area contributed by atoms with Gasteiger partial charge in [0, 0.05) is 5.56 Å². The van der Waals surface area contributed by atoms with E-state index in [1.807, 2.05) is 20.8 Å². The fourth-order valence-electron chi connectivity index (χ4n) is 2.46. The summed E-state index contributed by atoms with van der Waals surface area (Å²) in [6, 6.07) is 6.14. The lowest BCUT2D eigenvalue weighted by molar-refractivity contribution is 0.407. The number of hydrogen-bond donors (Lipinski definition) is 1. The van der Waals surface area contributed by atoms with Crippen molar-refractivity contribution in [1.82, 2.24) is 20.0 Å². The van der Waals surface area contributed by atoms with Crippen LogP contribution in [-0.4, -0.2) is 27.1 Å². The molecule has 2 heterocycles. The second-order valence-corrected chi connectivity index (χ2v) is 6.29. The molecule has 0 bridgehead atoms. The zero-order chi connectivity index (χ0) is 16.8. The number of fused-ring (bicyclic) bond motifs is 1. The van der Waals surface area contributed by atoms with Crippen LogP contribution >= 0.6 is 0 Å². The summed E-state index contributed by atoms with van der Waals surface area (Å²) in [4.78, 5) is 15.1. The van der Waals surface area contributed by atoms with E-state index in [0.717, 1.165) is 0 Å². The Balaban J connectivity index is 2.31. The maximum Gasteiger partial charge on any atom is 0.253 e. The number of ether oxygens (including phenoxy) is 1. The zero-order valence-corrected chi connectivity index (χ0v) is 13.3. The number of halogens is 1. The van der Waals surface area contributed by atoms with Gasteiger partial charge in [-0.1, -0.05) is 32.1 Å². The Labute approximate surface area is 131 Å². The lowest BCUT2D eigenvalue weighted by atomic mass is 9.88. The molecule has 1 aromatic carbocycles. The number of H-pyrrole nitrogens is 1. The third-order valence-electron chi connectivity index (χ3n) is 3.64. The van der Waals surface area contributed by atoms with E-state index in [1.54, 1.807) is 12.1 Å². The van der Waals surface area contributed by atoms with E-state index in [-0.39, 0.29) is 16.7 Å². The third kappa shape index (κ3) is 2.48. The van der Waals surface area contributed by atoms with Gasteiger partial charge in [-0.25, -0.2) is 4.39 Å². The normalized spacial score (nSPS) is 11.9. The van der Waals surface area contributed by atoms with Crippen molar-refractivity contribution in [3.63, 3.8) is 0 Å². The highest BCUT2D eigenvalue weighted by Gasteiger charge is 2.22. The van der Waals surface area contributed by atoms with Gasteiger partial charge in [0.15, 0.2) is 11.5 Å². The Morgan fingerprint density at radius 1 is 1.30 bits per heavy atom. The highest BCUT2D eigenvalue weighted by molar-refractivity contribution is 5.73. The standard InChI is InChI=1S/C16H17FN4O2/c1-16(2,3)9-8-11-14(18-15(9)22)21(20-19-11)13-10(17)6-5-7-12(13)23-4/h5-8H,1-4H3,(H,18,22). The van der Waals surface area contributed by atoms with Gasteiger partial charge in [-0.05, 0) is 23.6 Å². The molecule has 0 amide bonds. The van der Waals surface area contributed by atoms with Crippen molar-refractivity contribution in [3.05, 3.63) is 46.0 Å². The maximum absolute atomic E-state index is 14.2. The van der Waals surface area contributed by atoms with Gasteiger partial charge in [0.2, 0.25) is 0 Å². The van der Waals surface area contributed by atoms with Gasteiger partial charge in [0.1, 0.15) is 17.0 Å². The number of hydrogen-bond acceptors (Lipinski definition) is 4. The molecule has 0 saturated carbocycles. The molecule has 0 atom stereocenters. The van der Waals surface area contributed by atoms with Gasteiger partial charge < -0.3 is 9.72 Å². The number of pyridine rings is 1. The quantitative estimate of drug-likeness (QED) is 0.788. The highest BCUT2D eigenvalue weighted by Crippen LogP contribution is 2.27. The third-order valence-corrected chi connectivity index (χ3v) is 3.64. The summed E-state index contributed by atoms with van der Waals surface area (Å²) in [6.45, 7) is 5.81. The van der Waals surface area contributed by atoms with Gasteiger partial charge in [0.05, 0.1) is 7.11 Å². The Bertz CT molecular complexity index is 937. The average molecular weight is 316 g/mol. The molecule has 0 unspecified atom stereocenters. The second-order valence-electron chi connectivity index (χ2n) is 6.29. The molecule has 0 radical (unpaired) electrons. The van der Waals surface area contributed by atoms with Crippen LogP contribution in [0.1, 0.15) is 26.3 Å². The second kappa shape index (κ2) is 5.19. The number of benzene rings is 1. The largest absolute Gasteiger partial charge is 0.494 e. The van der Waals surface area contributed by atoms with E-state index in [4.69, 9.17) is 4.74 Å². The monoisotopic (exact) mass is 316 g/mol. The summed E-state index contributed by atoms with van der Waals surface area (Å²) < 4.78 is 20.7. The van der Waals surface area contributed by atoms with Crippen molar-refractivity contribution in [1.29, 1.82) is 0 Å². The molecule has 0 aliphatic carbocycles. The van der Waals surface area contributed by atoms with E-state index < -0.39 is 5.82 Å². The molecule has 2 aromatic heterocycles. The summed E-state index contributed by atoms with van der Waals surface area (Å²) >= 11 is 0. The number of aromatic amines is 1. The first-order valence-electron chi connectivity index (χ1n) is 7.15. The summed E-state index contributed by atoms with van der Waals surface area (Å²) in [6.07, 6.45) is 0. The first-order valence-corrected chi connectivity index (χ1v) is 7.15. The smallest absolute Gasteiger partial charge is 0.253 e. The molecule has 6 nitrogen and oxygen atoms in total. The van der Waals surface area contributed by atoms with Crippen molar-refractivity contribution in [3.8, 4) is 11.4 Å². The SMILES string of the molecule is COc1cccc(F)c1-n1nnc2cc(C(C)(C)C)c(=O)[nH]c21. The molecule has 3 aromatic rings. The number of rotatable bonds is 2. The van der Waals surface area contributed by atoms with Crippen LogP contribution in [0.4, 0.5) is 4.39 Å². The van der Waals surface area contributed by atoms with Crippen LogP contribution in [0.5, 0.6) is 5.75 Å². The Hall–Kier alpha value is -2.70. The van der Waals surface area contributed by atoms with Crippen molar-refractivity contribution < 1.29 is 9.13 Å². The highest BCUT2D eigenvalue weighted by atomic mass is 19.1. The number of nitrogens with one attached hydrogen (secondary N) is 1. The molecule has 0 fully saturated rings. The van der Waals surface area contributed by atoms with Crippen LogP contribution in [0.2, 0.25) is 0 Å². The summed E-state index contributed by atoms with van der Waals surface area (Å²) in [5.74, 6) is -0.213. The lowest BCUT2D eigenvalue weighted by Gasteiger charge is -2.17. The molecule has 1 N–H and O–H groups in total. The van der Waals surface area contributed by atoms with Crippen LogP contribution in [0, 0.1) is 5.82 Å². The molecule has 0 saturated heterocycles. The molecule has 23 heavy (non-hydrogen) atoms. The number of nitrogens with zero attached hydrogens (tertiary/aromatic N) is 3. The average Bonchev–Trinajstić information content (AvgIpc) is 2.87. The Morgan fingerprint density at radius 3 is 2.70 bits per heavy atom. The van der Waals surface area contributed by atoms with Crippen molar-refractivity contribution >= 4 is 11.2 Å². The van der Waals surface area contributed by atoms with Gasteiger partial charge in [-0.2, -0.15) is 4.68 Å². The summed E-state index contributed by atoms with van der Waals surface area (Å²) in [5, 5.41) is 8.02. The molecule has 0 aliphatic heterocycles. The van der Waals surface area contributed by atoms with E-state index in [2.05, 4.69) is 15.3 Å². The van der Waals surface area contributed by atoms with Gasteiger partial charge in [-0.3, -0.25) is 4.79 Å². The maximum atomic E-state index is 14.2. The summed E-state index contributed by atoms with van der Waals surface area (Å²) in [7, 11) is 1.44. The fourth-order valence-corrected chi connectivity index (χ4v) is 2.46. The predicted molar refractivity (Wildman–Crippen MR) is 84.7 cm³/mol. The molecule has 0 spiro atoms. The van der Waals surface area contributed by atoms with Crippen LogP contribution in [-0.2, 0) is 5.41 Å². The number of para-hydroxylation sites is 1. The molecule has 3 rings (SSSR count). The van der Waals surface area contributed by atoms with Crippen molar-refractivity contribution in [2.24, 2.45) is 0 Å². The first kappa shape index (κ1) is 15.2. The Morgan fingerprint density at radius 2 is 2.04 bits per heavy atom. The van der Waals surface area contributed by atoms with Crippen molar-refractivity contribution in [2.45, 2.75) is 26.2 Å². The molecular weight excluding hydrogens is 299 g/mol. The minimum atomic E-state index is -0.517. The van der Waals surface area contributed by atoms with Gasteiger partial charge >= 0.3 is 0 Å². The van der Waals surface area contributed by atoms with E-state index in [9.17, 15) is 9.18 Å². The van der Waals surface area contributed by atoms with E-state index in [0.29, 0.717) is 22.5 Å². The van der Waals surface area contributed by atoms with Gasteiger partial charge in [0.25, 0.3) is 5.56 Å². The molecular formula is C16H17FN4O2. The molecule has 0 aliphatic rings. The number of methoxy groups -OCH3 is 1. The van der Waals surface area contributed by atoms with Crippen molar-refractivity contribution in [2.75, 3.05) is 7.11 Å². The topological polar surface area (TPSA) is 72.8 Å². The zero-order valence-electron chi connectivity index (χ0n) is 13.3. The minimum Gasteiger partial charge on any atom is -0.494 e. The molecule has 120 valence electrons. The van der Waals surface area contributed by atoms with E-state index in [1.165, 1.54) is 23.9 Å². The predicted octanol–water partition coefficient (Wildman–Crippen LogP) is 2.55. The van der Waals surface area contributed by atoms with Gasteiger partial charge in [-0.15, -0.1) is 5.10 Å². The Kier molecular flexibility index (Phi) is 3.43. The molecule has 7 heteroatoms. The van der Waals surface area contributed by atoms with Crippen LogP contribution < -0.4 is 10.3 Å². The lowest BCUT2D eigenvalue weighted by Crippen LogP contribution is -2.24. The number of aromatic nitrogens is 4. The van der Waals surface area contributed by atoms with Crippen LogP contribution in [0.3, 0.4) is 0 Å². The van der Waals surface area contributed by atoms with E-state index >= 15 is 0 Å².